The fourth-order valence-electron chi connectivity index (χ4n) is 1.37. The van der Waals surface area contributed by atoms with Gasteiger partial charge in [0.1, 0.15) is 5.56 Å². The van der Waals surface area contributed by atoms with Gasteiger partial charge in [0, 0.05) is 0 Å². The van der Waals surface area contributed by atoms with Gasteiger partial charge in [0.15, 0.2) is 32.2 Å². The lowest BCUT2D eigenvalue weighted by atomic mass is 10.1. The maximum atomic E-state index is 13.6. The molecule has 0 radical (unpaired) electrons. The van der Waals surface area contributed by atoms with Crippen LogP contribution in [0.25, 0.3) is 10.6 Å². The van der Waals surface area contributed by atoms with Crippen LogP contribution in [0.5, 0.6) is 0 Å². The minimum absolute atomic E-state index is 0.0379. The summed E-state index contributed by atoms with van der Waals surface area (Å²) >= 11 is 5.24. The van der Waals surface area contributed by atoms with E-state index in [0.29, 0.717) is 11.3 Å². The molecule has 100 valence electrons. The molecule has 0 aliphatic rings. The summed E-state index contributed by atoms with van der Waals surface area (Å²) in [6, 6.07) is 0. The zero-order valence-corrected chi connectivity index (χ0v) is 10.3. The molecule has 0 saturated heterocycles. The summed E-state index contributed by atoms with van der Waals surface area (Å²) in [5, 5.41) is 14.0. The van der Waals surface area contributed by atoms with Crippen LogP contribution >= 0.6 is 23.6 Å². The Kier molecular flexibility index (Phi) is 3.37. The van der Waals surface area contributed by atoms with Crippen molar-refractivity contribution in [2.45, 2.75) is 0 Å². The number of H-pyrrole nitrogens is 1. The molecule has 1 heterocycles. The fourth-order valence-corrected chi connectivity index (χ4v) is 2.30. The molecule has 0 saturated carbocycles. The Morgan fingerprint density at radius 3 is 2.21 bits per heavy atom. The van der Waals surface area contributed by atoms with Gasteiger partial charge in [0.25, 0.3) is 0 Å². The van der Waals surface area contributed by atoms with Crippen LogP contribution in [0.2, 0.25) is 0 Å². The smallest absolute Gasteiger partial charge is 0.339 e. The first-order valence-corrected chi connectivity index (χ1v) is 5.72. The summed E-state index contributed by atoms with van der Waals surface area (Å²) < 4.78 is 53.3. The number of carboxylic acids is 1. The van der Waals surface area contributed by atoms with Crippen molar-refractivity contribution in [3.8, 4) is 10.6 Å². The summed E-state index contributed by atoms with van der Waals surface area (Å²) in [6.07, 6.45) is 0. The van der Waals surface area contributed by atoms with E-state index in [-0.39, 0.29) is 3.95 Å². The maximum Gasteiger partial charge on any atom is 0.339 e. The van der Waals surface area contributed by atoms with Gasteiger partial charge in [-0.3, -0.25) is 5.10 Å². The Balaban J connectivity index is 2.93. The van der Waals surface area contributed by atoms with Crippen molar-refractivity contribution < 1.29 is 27.5 Å². The van der Waals surface area contributed by atoms with Crippen molar-refractivity contribution in [3.05, 3.63) is 32.8 Å². The van der Waals surface area contributed by atoms with Gasteiger partial charge in [-0.2, -0.15) is 5.10 Å². The van der Waals surface area contributed by atoms with Crippen LogP contribution in [-0.4, -0.2) is 21.3 Å². The molecule has 0 unspecified atom stereocenters. The number of hydrogen-bond acceptors (Lipinski definition) is 4. The normalized spacial score (nSPS) is 10.7. The second kappa shape index (κ2) is 4.70. The number of carbonyl (C=O) groups is 1. The number of aromatic amines is 1. The van der Waals surface area contributed by atoms with E-state index in [1.807, 2.05) is 0 Å². The molecule has 0 atom stereocenters. The number of nitrogens with zero attached hydrogens (tertiary/aromatic N) is 1. The number of halogens is 4. The highest BCUT2D eigenvalue weighted by Crippen LogP contribution is 2.33. The molecule has 4 nitrogen and oxygen atoms in total. The van der Waals surface area contributed by atoms with Gasteiger partial charge in [-0.05, 0) is 12.2 Å². The average Bonchev–Trinajstić information content (AvgIpc) is 2.76. The molecule has 0 aliphatic heterocycles. The summed E-state index contributed by atoms with van der Waals surface area (Å²) in [7, 11) is 0. The van der Waals surface area contributed by atoms with Crippen LogP contribution in [0.15, 0.2) is 0 Å². The van der Waals surface area contributed by atoms with Crippen LogP contribution in [0, 0.1) is 27.2 Å². The third-order valence-electron chi connectivity index (χ3n) is 2.13. The number of nitrogens with one attached hydrogen (secondary N) is 1. The molecule has 2 N–H and O–H groups in total. The third-order valence-corrected chi connectivity index (χ3v) is 3.24. The summed E-state index contributed by atoms with van der Waals surface area (Å²) in [4.78, 5) is 10.9. The van der Waals surface area contributed by atoms with E-state index >= 15 is 0 Å². The molecule has 1 aromatic heterocycles. The number of aromatic carboxylic acids is 1. The topological polar surface area (TPSA) is 66.0 Å². The van der Waals surface area contributed by atoms with Gasteiger partial charge < -0.3 is 5.11 Å². The van der Waals surface area contributed by atoms with Crippen molar-refractivity contribution in [3.63, 3.8) is 0 Å². The SMILES string of the molecule is O=C(O)c1c(F)c(F)c(F)c(F)c1-c1n[nH]c(=S)s1. The first-order valence-electron chi connectivity index (χ1n) is 4.49. The first-order chi connectivity index (χ1) is 8.84. The molecule has 0 amide bonds. The molecule has 2 aromatic rings. The minimum atomic E-state index is -2.20. The lowest BCUT2D eigenvalue weighted by molar-refractivity contribution is 0.0690. The number of carboxylic acid groups (broad SMARTS) is 1. The van der Waals surface area contributed by atoms with E-state index in [1.54, 1.807) is 0 Å². The largest absolute Gasteiger partial charge is 0.478 e. The molecular formula is C9H2F4N2O2S2. The average molecular weight is 310 g/mol. The first kappa shape index (κ1) is 13.6. The van der Waals surface area contributed by atoms with E-state index in [0.717, 1.165) is 0 Å². The van der Waals surface area contributed by atoms with Gasteiger partial charge in [0.2, 0.25) is 0 Å². The van der Waals surface area contributed by atoms with E-state index in [9.17, 15) is 22.4 Å². The Hall–Kier alpha value is -1.81. The Morgan fingerprint density at radius 1 is 1.16 bits per heavy atom. The number of aromatic nitrogens is 2. The highest BCUT2D eigenvalue weighted by molar-refractivity contribution is 7.73. The Labute approximate surface area is 111 Å². The third kappa shape index (κ3) is 2.12. The Morgan fingerprint density at radius 2 is 1.74 bits per heavy atom. The molecular weight excluding hydrogens is 308 g/mol. The highest BCUT2D eigenvalue weighted by atomic mass is 32.1. The monoisotopic (exact) mass is 310 g/mol. The minimum Gasteiger partial charge on any atom is -0.478 e. The van der Waals surface area contributed by atoms with Crippen LogP contribution < -0.4 is 0 Å². The molecule has 0 fully saturated rings. The van der Waals surface area contributed by atoms with Crippen molar-refractivity contribution in [1.82, 2.24) is 10.2 Å². The van der Waals surface area contributed by atoms with Crippen LogP contribution in [0.3, 0.4) is 0 Å². The molecule has 0 bridgehead atoms. The van der Waals surface area contributed by atoms with Gasteiger partial charge >= 0.3 is 5.97 Å². The molecule has 0 aliphatic carbocycles. The van der Waals surface area contributed by atoms with Gasteiger partial charge in [-0.15, -0.1) is 0 Å². The highest BCUT2D eigenvalue weighted by Gasteiger charge is 2.31. The molecule has 19 heavy (non-hydrogen) atoms. The number of benzene rings is 1. The number of hydrogen-bond donors (Lipinski definition) is 2. The van der Waals surface area contributed by atoms with E-state index in [2.05, 4.69) is 22.4 Å². The summed E-state index contributed by atoms with van der Waals surface area (Å²) in [6.45, 7) is 0. The van der Waals surface area contributed by atoms with E-state index in [1.165, 1.54) is 0 Å². The van der Waals surface area contributed by atoms with Gasteiger partial charge in [-0.1, -0.05) is 11.3 Å². The zero-order chi connectivity index (χ0) is 14.3. The van der Waals surface area contributed by atoms with Gasteiger partial charge in [0.05, 0.1) is 5.56 Å². The molecule has 1 aromatic carbocycles. The predicted octanol–water partition coefficient (Wildman–Crippen LogP) is 3.12. The molecule has 0 spiro atoms. The number of rotatable bonds is 2. The van der Waals surface area contributed by atoms with Gasteiger partial charge in [-0.25, -0.2) is 22.4 Å². The van der Waals surface area contributed by atoms with Crippen molar-refractivity contribution in [2.75, 3.05) is 0 Å². The van der Waals surface area contributed by atoms with Crippen LogP contribution in [0.1, 0.15) is 10.4 Å². The van der Waals surface area contributed by atoms with Crippen molar-refractivity contribution in [2.24, 2.45) is 0 Å². The Bertz CT molecular complexity index is 741. The molecule has 2 rings (SSSR count). The zero-order valence-electron chi connectivity index (χ0n) is 8.63. The van der Waals surface area contributed by atoms with E-state index < -0.39 is 45.4 Å². The predicted molar refractivity (Wildman–Crippen MR) is 59.5 cm³/mol. The van der Waals surface area contributed by atoms with E-state index in [4.69, 9.17) is 5.11 Å². The summed E-state index contributed by atoms with van der Waals surface area (Å²) in [5.74, 6) is -10.1. The van der Waals surface area contributed by atoms with Crippen LogP contribution in [0.4, 0.5) is 17.6 Å². The second-order valence-electron chi connectivity index (χ2n) is 3.23. The van der Waals surface area contributed by atoms with Crippen molar-refractivity contribution >= 4 is 29.5 Å². The lowest BCUT2D eigenvalue weighted by Crippen LogP contribution is -2.11. The standard InChI is InChI=1S/C9H2F4N2O2S2/c10-3-1(7-14-15-9(18)19-7)2(8(16)17)4(11)6(13)5(3)12/h(H,15,18)(H,16,17). The maximum absolute atomic E-state index is 13.6. The quantitative estimate of drug-likeness (QED) is 0.387. The summed E-state index contributed by atoms with van der Waals surface area (Å²) in [5.41, 5.74) is -2.32. The van der Waals surface area contributed by atoms with Crippen molar-refractivity contribution in [1.29, 1.82) is 0 Å². The molecule has 10 heteroatoms. The lowest BCUT2D eigenvalue weighted by Gasteiger charge is -2.07. The van der Waals surface area contributed by atoms with Crippen LogP contribution in [-0.2, 0) is 0 Å². The second-order valence-corrected chi connectivity index (χ2v) is 4.90. The fraction of sp³-hybridized carbons (Fsp3) is 0.